The van der Waals surface area contributed by atoms with Crippen molar-refractivity contribution in [2.24, 2.45) is 0 Å². The van der Waals surface area contributed by atoms with E-state index in [0.29, 0.717) is 0 Å². The third-order valence-electron chi connectivity index (χ3n) is 3.68. The fourth-order valence-electron chi connectivity index (χ4n) is 2.39. The third-order valence-corrected chi connectivity index (χ3v) is 3.68. The van der Waals surface area contributed by atoms with E-state index in [1.165, 1.54) is 24.5 Å². The zero-order valence-electron chi connectivity index (χ0n) is 17.1. The van der Waals surface area contributed by atoms with E-state index in [4.69, 9.17) is 10.2 Å². The number of hydrogen-bond donors (Lipinski definition) is 2. The fourth-order valence-corrected chi connectivity index (χ4v) is 2.39. The number of hydrogen-bond acceptors (Lipinski definition) is 8. The molecule has 0 saturated carbocycles. The van der Waals surface area contributed by atoms with Crippen molar-refractivity contribution in [3.63, 3.8) is 0 Å². The summed E-state index contributed by atoms with van der Waals surface area (Å²) in [6.07, 6.45) is 3.06. The number of fused-ring (bicyclic) bond motifs is 2. The summed E-state index contributed by atoms with van der Waals surface area (Å²) in [6, 6.07) is 17.9. The summed E-state index contributed by atoms with van der Waals surface area (Å²) in [5.41, 5.74) is -0.0580. The summed E-state index contributed by atoms with van der Waals surface area (Å²) in [7, 11) is 2.00. The van der Waals surface area contributed by atoms with Crippen molar-refractivity contribution in [1.82, 2.24) is 9.97 Å². The van der Waals surface area contributed by atoms with E-state index in [2.05, 4.69) is 9.97 Å². The molecule has 2 heterocycles. The standard InChI is InChI=1S/2C10H7NO2.2CH4O.Zn/c2*12-10(13)9-5-7-3-1-2-4-8(7)6-11-9;2*1-2;/h2*1-6H,(H,12,13);2*2H,1H3;/q;;;;+2/p-2. The van der Waals surface area contributed by atoms with E-state index < -0.39 is 11.9 Å². The van der Waals surface area contributed by atoms with E-state index in [-0.39, 0.29) is 30.9 Å². The summed E-state index contributed by atoms with van der Waals surface area (Å²) >= 11 is 0. The van der Waals surface area contributed by atoms with Gasteiger partial charge in [-0.2, -0.15) is 0 Å². The third kappa shape index (κ3) is 8.18. The molecule has 2 aromatic heterocycles. The molecule has 8 nitrogen and oxygen atoms in total. The molecule has 0 aliphatic rings. The molecule has 4 aromatic rings. The van der Waals surface area contributed by atoms with Crippen molar-refractivity contribution in [3.05, 3.63) is 84.4 Å². The minimum absolute atomic E-state index is 0. The first kappa shape index (κ1) is 27.7. The van der Waals surface area contributed by atoms with Crippen LogP contribution in [0.3, 0.4) is 0 Å². The molecule has 0 bridgehead atoms. The van der Waals surface area contributed by atoms with Crippen LogP contribution in [0.15, 0.2) is 73.1 Å². The summed E-state index contributed by atoms with van der Waals surface area (Å²) in [6.45, 7) is 0. The number of rotatable bonds is 2. The second-order valence-electron chi connectivity index (χ2n) is 5.41. The number of nitrogens with zero attached hydrogens (tertiary/aromatic N) is 2. The van der Waals surface area contributed by atoms with Crippen molar-refractivity contribution < 1.29 is 49.5 Å². The average molecular weight is 474 g/mol. The molecule has 0 fully saturated rings. The molecule has 0 saturated heterocycles. The molecular weight excluding hydrogens is 454 g/mol. The molecule has 0 aliphatic carbocycles. The van der Waals surface area contributed by atoms with Gasteiger partial charge in [-0.1, -0.05) is 48.5 Å². The van der Waals surface area contributed by atoms with E-state index in [0.717, 1.165) is 35.8 Å². The van der Waals surface area contributed by atoms with Crippen LogP contribution in [0.5, 0.6) is 0 Å². The first-order chi connectivity index (χ1) is 14.5. The quantitative estimate of drug-likeness (QED) is 0.398. The Labute approximate surface area is 191 Å². The number of aliphatic hydroxyl groups is 2. The number of pyridine rings is 2. The predicted molar refractivity (Wildman–Crippen MR) is 108 cm³/mol. The predicted octanol–water partition coefficient (Wildman–Crippen LogP) is 0.411. The molecule has 2 aromatic carbocycles. The number of aromatic nitrogens is 2. The number of carboxylic acids is 2. The number of benzene rings is 2. The minimum atomic E-state index is -1.24. The SMILES string of the molecule is CO.CO.O=C([O-])c1cc2ccccc2cn1.O=C([O-])c1cc2ccccc2cn1.[Zn+2]. The number of carboxylic acid groups (broad SMARTS) is 2. The number of carbonyl (C=O) groups excluding carboxylic acids is 2. The normalized spacial score (nSPS) is 8.90. The van der Waals surface area contributed by atoms with Gasteiger partial charge in [0, 0.05) is 37.4 Å². The van der Waals surface area contributed by atoms with Crippen LogP contribution in [0.1, 0.15) is 21.0 Å². The van der Waals surface area contributed by atoms with Crippen LogP contribution in [0.4, 0.5) is 0 Å². The maximum absolute atomic E-state index is 10.5. The van der Waals surface area contributed by atoms with Gasteiger partial charge in [0.15, 0.2) is 0 Å². The maximum atomic E-state index is 10.5. The van der Waals surface area contributed by atoms with Gasteiger partial charge in [-0.25, -0.2) is 0 Å². The summed E-state index contributed by atoms with van der Waals surface area (Å²) in [5, 5.41) is 38.5. The van der Waals surface area contributed by atoms with Gasteiger partial charge in [0.2, 0.25) is 0 Å². The van der Waals surface area contributed by atoms with Crippen LogP contribution in [-0.4, -0.2) is 46.3 Å². The largest absolute Gasteiger partial charge is 2.00 e. The van der Waals surface area contributed by atoms with Crippen LogP contribution in [0.2, 0.25) is 0 Å². The molecule has 0 radical (unpaired) electrons. The summed E-state index contributed by atoms with van der Waals surface area (Å²) < 4.78 is 0. The smallest absolute Gasteiger partial charge is 0.543 e. The molecule has 0 amide bonds. The van der Waals surface area contributed by atoms with Crippen LogP contribution in [0, 0.1) is 0 Å². The number of aromatic carboxylic acids is 2. The Morgan fingerprint density at radius 3 is 1.23 bits per heavy atom. The molecule has 31 heavy (non-hydrogen) atoms. The maximum Gasteiger partial charge on any atom is 2.00 e. The molecule has 0 spiro atoms. The van der Waals surface area contributed by atoms with Crippen LogP contribution < -0.4 is 10.2 Å². The summed E-state index contributed by atoms with van der Waals surface area (Å²) in [5.74, 6) is -2.49. The topological polar surface area (TPSA) is 146 Å². The van der Waals surface area contributed by atoms with Crippen LogP contribution in [-0.2, 0) is 19.5 Å². The Kier molecular flexibility index (Phi) is 13.1. The molecule has 156 valence electrons. The monoisotopic (exact) mass is 472 g/mol. The van der Waals surface area contributed by atoms with Crippen molar-refractivity contribution in [2.45, 2.75) is 0 Å². The van der Waals surface area contributed by atoms with Gasteiger partial charge in [0.1, 0.15) is 0 Å². The van der Waals surface area contributed by atoms with Gasteiger partial charge in [-0.15, -0.1) is 0 Å². The minimum Gasteiger partial charge on any atom is -0.543 e. The molecule has 4 rings (SSSR count). The van der Waals surface area contributed by atoms with Crippen molar-refractivity contribution in [2.75, 3.05) is 14.2 Å². The van der Waals surface area contributed by atoms with Crippen molar-refractivity contribution in [1.29, 1.82) is 0 Å². The van der Waals surface area contributed by atoms with Crippen molar-refractivity contribution in [3.8, 4) is 0 Å². The molecule has 2 N–H and O–H groups in total. The van der Waals surface area contributed by atoms with E-state index in [1.807, 2.05) is 48.5 Å². The molecule has 0 atom stereocenters. The van der Waals surface area contributed by atoms with Gasteiger partial charge < -0.3 is 30.0 Å². The Morgan fingerprint density at radius 2 is 0.935 bits per heavy atom. The van der Waals surface area contributed by atoms with Gasteiger partial charge in [-0.05, 0) is 22.9 Å². The van der Waals surface area contributed by atoms with Gasteiger partial charge in [0.25, 0.3) is 0 Å². The summed E-state index contributed by atoms with van der Waals surface area (Å²) in [4.78, 5) is 28.4. The van der Waals surface area contributed by atoms with Crippen molar-refractivity contribution >= 4 is 33.5 Å². The van der Waals surface area contributed by atoms with E-state index in [1.54, 1.807) is 0 Å². The van der Waals surface area contributed by atoms with E-state index in [9.17, 15) is 19.8 Å². The zero-order valence-corrected chi connectivity index (χ0v) is 20.0. The fraction of sp³-hybridized carbons (Fsp3) is 0.0909. The van der Waals surface area contributed by atoms with Gasteiger partial charge in [-0.3, -0.25) is 9.97 Å². The van der Waals surface area contributed by atoms with Crippen LogP contribution >= 0.6 is 0 Å². The number of carbonyl (C=O) groups is 2. The zero-order chi connectivity index (χ0) is 22.5. The van der Waals surface area contributed by atoms with Crippen LogP contribution in [0.25, 0.3) is 21.5 Å². The Hall–Kier alpha value is -3.26. The second kappa shape index (κ2) is 14.7. The van der Waals surface area contributed by atoms with E-state index >= 15 is 0 Å². The van der Waals surface area contributed by atoms with Gasteiger partial charge in [0.05, 0.1) is 23.3 Å². The molecular formula is C22H20N2O6Zn. The average Bonchev–Trinajstić information content (AvgIpc) is 2.81. The Morgan fingerprint density at radius 1 is 0.645 bits per heavy atom. The molecule has 0 unspecified atom stereocenters. The Balaban J connectivity index is 0.000000487. The Bertz CT molecular complexity index is 1030. The second-order valence-corrected chi connectivity index (χ2v) is 5.41. The first-order valence-electron chi connectivity index (χ1n) is 8.56. The molecule has 0 aliphatic heterocycles. The number of aliphatic hydroxyl groups excluding tert-OH is 2. The molecule has 9 heteroatoms. The van der Waals surface area contributed by atoms with Gasteiger partial charge >= 0.3 is 19.5 Å². The first-order valence-corrected chi connectivity index (χ1v) is 8.56.